The minimum absolute atomic E-state index is 0.0189. The standard InChI is InChI=1S/C12H12F3NO2/c13-7-5-8(14)10(9(15)6-7)12(1-2-12)11(18)16-3-4-17/h5-6,17H,1-4H2,(H,16,18). The van der Waals surface area contributed by atoms with Crippen LogP contribution in [0.3, 0.4) is 0 Å². The van der Waals surface area contributed by atoms with E-state index in [1.54, 1.807) is 0 Å². The van der Waals surface area contributed by atoms with E-state index < -0.39 is 28.8 Å². The second-order valence-corrected chi connectivity index (χ2v) is 4.31. The minimum Gasteiger partial charge on any atom is -0.395 e. The van der Waals surface area contributed by atoms with E-state index in [9.17, 15) is 18.0 Å². The largest absolute Gasteiger partial charge is 0.395 e. The van der Waals surface area contributed by atoms with Crippen LogP contribution in [0.2, 0.25) is 0 Å². The van der Waals surface area contributed by atoms with Gasteiger partial charge in [0.05, 0.1) is 12.0 Å². The summed E-state index contributed by atoms with van der Waals surface area (Å²) in [6, 6.07) is 1.13. The average molecular weight is 259 g/mol. The molecule has 1 fully saturated rings. The first kappa shape index (κ1) is 12.9. The molecule has 98 valence electrons. The van der Waals surface area contributed by atoms with Crippen molar-refractivity contribution in [3.63, 3.8) is 0 Å². The van der Waals surface area contributed by atoms with Crippen molar-refractivity contribution >= 4 is 5.91 Å². The zero-order valence-electron chi connectivity index (χ0n) is 9.47. The summed E-state index contributed by atoms with van der Waals surface area (Å²) in [5.41, 5.74) is -1.64. The summed E-state index contributed by atoms with van der Waals surface area (Å²) >= 11 is 0. The number of carbonyl (C=O) groups excluding carboxylic acids is 1. The van der Waals surface area contributed by atoms with Crippen LogP contribution >= 0.6 is 0 Å². The predicted octanol–water partition coefficient (Wildman–Crippen LogP) is 1.24. The molecule has 0 unspecified atom stereocenters. The lowest BCUT2D eigenvalue weighted by Gasteiger charge is -2.17. The second-order valence-electron chi connectivity index (χ2n) is 4.31. The van der Waals surface area contributed by atoms with Gasteiger partial charge in [-0.05, 0) is 12.8 Å². The molecule has 1 amide bonds. The molecular formula is C12H12F3NO2. The maximum atomic E-state index is 13.6. The summed E-state index contributed by atoms with van der Waals surface area (Å²) in [5.74, 6) is -3.66. The van der Waals surface area contributed by atoms with Crippen LogP contribution in [-0.2, 0) is 10.2 Å². The molecular weight excluding hydrogens is 247 g/mol. The van der Waals surface area contributed by atoms with E-state index >= 15 is 0 Å². The summed E-state index contributed by atoms with van der Waals surface area (Å²) in [7, 11) is 0. The topological polar surface area (TPSA) is 49.3 Å². The number of hydrogen-bond donors (Lipinski definition) is 2. The van der Waals surface area contributed by atoms with E-state index in [-0.39, 0.29) is 18.7 Å². The van der Waals surface area contributed by atoms with Crippen molar-refractivity contribution in [3.8, 4) is 0 Å². The van der Waals surface area contributed by atoms with Gasteiger partial charge in [-0.3, -0.25) is 4.79 Å². The molecule has 0 aliphatic heterocycles. The molecule has 3 nitrogen and oxygen atoms in total. The lowest BCUT2D eigenvalue weighted by molar-refractivity contribution is -0.123. The van der Waals surface area contributed by atoms with Crippen LogP contribution < -0.4 is 5.32 Å². The van der Waals surface area contributed by atoms with E-state index in [1.165, 1.54) is 0 Å². The number of aliphatic hydroxyl groups excluding tert-OH is 1. The number of carbonyl (C=O) groups is 1. The molecule has 1 saturated carbocycles. The maximum absolute atomic E-state index is 13.6. The summed E-state index contributed by atoms with van der Waals surface area (Å²) in [6.45, 7) is -0.235. The molecule has 0 spiro atoms. The van der Waals surface area contributed by atoms with Crippen LogP contribution in [0.4, 0.5) is 13.2 Å². The van der Waals surface area contributed by atoms with Crippen LogP contribution in [0.15, 0.2) is 12.1 Å². The van der Waals surface area contributed by atoms with E-state index in [4.69, 9.17) is 5.11 Å². The summed E-state index contributed by atoms with van der Waals surface area (Å²) in [6.07, 6.45) is 0.619. The molecule has 0 radical (unpaired) electrons. The molecule has 0 aromatic heterocycles. The zero-order valence-corrected chi connectivity index (χ0v) is 9.47. The Morgan fingerprint density at radius 1 is 1.28 bits per heavy atom. The quantitative estimate of drug-likeness (QED) is 0.854. The Morgan fingerprint density at radius 3 is 2.28 bits per heavy atom. The van der Waals surface area contributed by atoms with Gasteiger partial charge in [0.2, 0.25) is 5.91 Å². The number of halogens is 3. The SMILES string of the molecule is O=C(NCCO)C1(c2c(F)cc(F)cc2F)CC1. The van der Waals surface area contributed by atoms with E-state index in [1.807, 2.05) is 0 Å². The van der Waals surface area contributed by atoms with Crippen LogP contribution in [0.1, 0.15) is 18.4 Å². The number of hydrogen-bond acceptors (Lipinski definition) is 2. The van der Waals surface area contributed by atoms with Crippen molar-refractivity contribution in [3.05, 3.63) is 35.1 Å². The molecule has 2 N–H and O–H groups in total. The Balaban J connectivity index is 2.34. The van der Waals surface area contributed by atoms with Crippen molar-refractivity contribution in [1.29, 1.82) is 0 Å². The third kappa shape index (κ3) is 2.08. The van der Waals surface area contributed by atoms with Crippen molar-refractivity contribution in [2.75, 3.05) is 13.2 Å². The molecule has 1 aliphatic carbocycles. The fraction of sp³-hybridized carbons (Fsp3) is 0.417. The number of aliphatic hydroxyl groups is 1. The summed E-state index contributed by atoms with van der Waals surface area (Å²) in [4.78, 5) is 11.8. The molecule has 0 saturated heterocycles. The molecule has 0 bridgehead atoms. The molecule has 1 aromatic rings. The van der Waals surface area contributed by atoms with Crippen molar-refractivity contribution in [2.24, 2.45) is 0 Å². The van der Waals surface area contributed by atoms with Crippen LogP contribution in [0.5, 0.6) is 0 Å². The molecule has 6 heteroatoms. The van der Waals surface area contributed by atoms with Crippen LogP contribution in [0.25, 0.3) is 0 Å². The highest BCUT2D eigenvalue weighted by Gasteiger charge is 2.54. The van der Waals surface area contributed by atoms with Gasteiger partial charge < -0.3 is 10.4 Å². The normalized spacial score (nSPS) is 16.4. The van der Waals surface area contributed by atoms with Gasteiger partial charge in [-0.1, -0.05) is 0 Å². The average Bonchev–Trinajstić information content (AvgIpc) is 3.06. The van der Waals surface area contributed by atoms with E-state index in [0.717, 1.165) is 0 Å². The third-order valence-corrected chi connectivity index (χ3v) is 3.07. The number of rotatable bonds is 4. The van der Waals surface area contributed by atoms with Crippen LogP contribution in [-0.4, -0.2) is 24.2 Å². The Labute approximate surface area is 102 Å². The molecule has 18 heavy (non-hydrogen) atoms. The highest BCUT2D eigenvalue weighted by Crippen LogP contribution is 2.50. The first-order valence-corrected chi connectivity index (χ1v) is 5.55. The van der Waals surface area contributed by atoms with Crippen molar-refractivity contribution < 1.29 is 23.1 Å². The van der Waals surface area contributed by atoms with Gasteiger partial charge in [0.25, 0.3) is 0 Å². The lowest BCUT2D eigenvalue weighted by atomic mass is 9.93. The van der Waals surface area contributed by atoms with Gasteiger partial charge in [-0.2, -0.15) is 0 Å². The van der Waals surface area contributed by atoms with E-state index in [2.05, 4.69) is 5.32 Å². The molecule has 2 rings (SSSR count). The van der Waals surface area contributed by atoms with Gasteiger partial charge in [0, 0.05) is 24.2 Å². The van der Waals surface area contributed by atoms with Gasteiger partial charge in [0.15, 0.2) is 0 Å². The van der Waals surface area contributed by atoms with Gasteiger partial charge >= 0.3 is 0 Å². The minimum atomic E-state index is -1.25. The Bertz CT molecular complexity index is 463. The zero-order chi connectivity index (χ0) is 13.3. The fourth-order valence-corrected chi connectivity index (χ4v) is 2.05. The highest BCUT2D eigenvalue weighted by molar-refractivity contribution is 5.91. The Morgan fingerprint density at radius 2 is 1.83 bits per heavy atom. The summed E-state index contributed by atoms with van der Waals surface area (Å²) in [5, 5.41) is 11.0. The molecule has 1 aliphatic rings. The third-order valence-electron chi connectivity index (χ3n) is 3.07. The van der Waals surface area contributed by atoms with Gasteiger partial charge in [-0.15, -0.1) is 0 Å². The van der Waals surface area contributed by atoms with Gasteiger partial charge in [0.1, 0.15) is 17.5 Å². The Kier molecular flexibility index (Phi) is 3.30. The first-order chi connectivity index (χ1) is 8.51. The number of nitrogens with one attached hydrogen (secondary N) is 1. The second kappa shape index (κ2) is 4.61. The smallest absolute Gasteiger partial charge is 0.230 e. The number of benzene rings is 1. The van der Waals surface area contributed by atoms with Gasteiger partial charge in [-0.25, -0.2) is 13.2 Å². The van der Waals surface area contributed by atoms with Crippen molar-refractivity contribution in [1.82, 2.24) is 5.32 Å². The molecule has 1 aromatic carbocycles. The lowest BCUT2D eigenvalue weighted by Crippen LogP contribution is -2.37. The maximum Gasteiger partial charge on any atom is 0.230 e. The predicted molar refractivity (Wildman–Crippen MR) is 57.3 cm³/mol. The first-order valence-electron chi connectivity index (χ1n) is 5.55. The summed E-state index contributed by atoms with van der Waals surface area (Å²) < 4.78 is 40.0. The van der Waals surface area contributed by atoms with Crippen LogP contribution in [0, 0.1) is 17.5 Å². The van der Waals surface area contributed by atoms with Crippen molar-refractivity contribution in [2.45, 2.75) is 18.3 Å². The fourth-order valence-electron chi connectivity index (χ4n) is 2.05. The monoisotopic (exact) mass is 259 g/mol. The number of amides is 1. The molecule has 0 heterocycles. The highest BCUT2D eigenvalue weighted by atomic mass is 19.1. The molecule has 0 atom stereocenters. The Hall–Kier alpha value is -1.56. The van der Waals surface area contributed by atoms with E-state index in [0.29, 0.717) is 25.0 Å².